The largest absolute Gasteiger partial charge is 0.353 e. The highest BCUT2D eigenvalue weighted by molar-refractivity contribution is 7.80. The van der Waals surface area contributed by atoms with E-state index in [4.69, 9.17) is 12.2 Å². The van der Waals surface area contributed by atoms with E-state index >= 15 is 0 Å². The van der Waals surface area contributed by atoms with Crippen LogP contribution in [-0.4, -0.2) is 10.8 Å². The lowest BCUT2D eigenvalue weighted by Crippen LogP contribution is -2.32. The first-order chi connectivity index (χ1) is 6.75. The fourth-order valence-electron chi connectivity index (χ4n) is 1.39. The molecule has 0 bridgehead atoms. The van der Waals surface area contributed by atoms with E-state index in [1.807, 2.05) is 6.92 Å². The van der Waals surface area contributed by atoms with Gasteiger partial charge in [0, 0.05) is 17.0 Å². The third-order valence-corrected chi connectivity index (χ3v) is 3.23. The predicted octanol–water partition coefficient (Wildman–Crippen LogP) is 2.03. The number of nitrogens with one attached hydrogen (secondary N) is 2. The van der Waals surface area contributed by atoms with Gasteiger partial charge in [-0.2, -0.15) is 5.10 Å². The van der Waals surface area contributed by atoms with Crippen molar-refractivity contribution in [3.8, 4) is 0 Å². The van der Waals surface area contributed by atoms with E-state index in [1.165, 1.54) is 4.88 Å². The van der Waals surface area contributed by atoms with Gasteiger partial charge in [-0.15, -0.1) is 11.3 Å². The second-order valence-electron chi connectivity index (χ2n) is 3.20. The number of nitrogens with zero attached hydrogens (tertiary/aromatic N) is 1. The molecule has 3 nitrogen and oxygen atoms in total. The van der Waals surface area contributed by atoms with E-state index in [1.54, 1.807) is 11.3 Å². The summed E-state index contributed by atoms with van der Waals surface area (Å²) in [6, 6.07) is 4.43. The molecule has 1 unspecified atom stereocenters. The minimum atomic E-state index is 0.265. The SMILES string of the molecule is CC1=NNC(=S)NC(c2cccs2)C1. The van der Waals surface area contributed by atoms with Crippen LogP contribution in [0.2, 0.25) is 0 Å². The van der Waals surface area contributed by atoms with E-state index in [0.29, 0.717) is 5.11 Å². The van der Waals surface area contributed by atoms with Gasteiger partial charge in [-0.05, 0) is 30.6 Å². The van der Waals surface area contributed by atoms with Crippen LogP contribution in [0.25, 0.3) is 0 Å². The maximum Gasteiger partial charge on any atom is 0.187 e. The van der Waals surface area contributed by atoms with Crippen molar-refractivity contribution in [3.63, 3.8) is 0 Å². The summed E-state index contributed by atoms with van der Waals surface area (Å²) in [5, 5.41) is 10.0. The molecule has 1 aromatic rings. The first-order valence-electron chi connectivity index (χ1n) is 4.39. The molecule has 1 aliphatic rings. The molecule has 14 heavy (non-hydrogen) atoms. The quantitative estimate of drug-likeness (QED) is 0.718. The van der Waals surface area contributed by atoms with Crippen LogP contribution in [0.5, 0.6) is 0 Å². The van der Waals surface area contributed by atoms with Crippen LogP contribution in [0.1, 0.15) is 24.3 Å². The number of hydrogen-bond acceptors (Lipinski definition) is 3. The summed E-state index contributed by atoms with van der Waals surface area (Å²) in [7, 11) is 0. The van der Waals surface area contributed by atoms with Gasteiger partial charge in [0.1, 0.15) is 0 Å². The number of thiophene rings is 1. The third-order valence-electron chi connectivity index (χ3n) is 2.04. The van der Waals surface area contributed by atoms with Crippen LogP contribution in [0, 0.1) is 0 Å². The average Bonchev–Trinajstić information content (AvgIpc) is 2.61. The van der Waals surface area contributed by atoms with Crippen molar-refractivity contribution in [1.29, 1.82) is 0 Å². The predicted molar refractivity (Wildman–Crippen MR) is 63.7 cm³/mol. The molecule has 1 aromatic heterocycles. The Bertz CT molecular complexity index is 356. The Hall–Kier alpha value is -0.940. The summed E-state index contributed by atoms with van der Waals surface area (Å²) in [6.45, 7) is 2.00. The molecule has 2 N–H and O–H groups in total. The smallest absolute Gasteiger partial charge is 0.187 e. The monoisotopic (exact) mass is 225 g/mol. The zero-order valence-corrected chi connectivity index (χ0v) is 9.41. The van der Waals surface area contributed by atoms with Crippen LogP contribution in [0.4, 0.5) is 0 Å². The van der Waals surface area contributed by atoms with Gasteiger partial charge in [-0.25, -0.2) is 0 Å². The zero-order chi connectivity index (χ0) is 9.97. The first-order valence-corrected chi connectivity index (χ1v) is 5.67. The Balaban J connectivity index is 2.20. The molecule has 2 heterocycles. The second-order valence-corrected chi connectivity index (χ2v) is 4.59. The summed E-state index contributed by atoms with van der Waals surface area (Å²) in [5.74, 6) is 0. The van der Waals surface area contributed by atoms with E-state index < -0.39 is 0 Å². The van der Waals surface area contributed by atoms with Crippen molar-refractivity contribution in [2.45, 2.75) is 19.4 Å². The van der Waals surface area contributed by atoms with Gasteiger partial charge in [0.15, 0.2) is 5.11 Å². The number of hydrazone groups is 1. The maximum atomic E-state index is 5.07. The molecule has 74 valence electrons. The van der Waals surface area contributed by atoms with Crippen molar-refractivity contribution in [2.24, 2.45) is 5.10 Å². The minimum Gasteiger partial charge on any atom is -0.353 e. The number of rotatable bonds is 1. The second kappa shape index (κ2) is 4.06. The standard InChI is InChI=1S/C9H11N3S2/c1-6-5-7(8-3-2-4-14-8)10-9(13)12-11-6/h2-4,7H,5H2,1H3,(H2,10,12,13). The molecule has 0 aliphatic carbocycles. The number of hydrogen-bond donors (Lipinski definition) is 2. The molecular formula is C9H11N3S2. The van der Waals surface area contributed by atoms with Gasteiger partial charge in [0.05, 0.1) is 6.04 Å². The highest BCUT2D eigenvalue weighted by Gasteiger charge is 2.17. The fourth-order valence-corrected chi connectivity index (χ4v) is 2.36. The summed E-state index contributed by atoms with van der Waals surface area (Å²) in [6.07, 6.45) is 0.896. The molecule has 0 fully saturated rings. The van der Waals surface area contributed by atoms with Gasteiger partial charge in [0.2, 0.25) is 0 Å². The molecular weight excluding hydrogens is 214 g/mol. The molecule has 2 rings (SSSR count). The topological polar surface area (TPSA) is 36.4 Å². The Morgan fingerprint density at radius 2 is 2.50 bits per heavy atom. The molecule has 0 radical (unpaired) electrons. The van der Waals surface area contributed by atoms with Crippen molar-refractivity contribution in [3.05, 3.63) is 22.4 Å². The Morgan fingerprint density at radius 3 is 3.21 bits per heavy atom. The molecule has 1 aliphatic heterocycles. The lowest BCUT2D eigenvalue weighted by Gasteiger charge is -2.14. The van der Waals surface area contributed by atoms with Crippen LogP contribution in [0.3, 0.4) is 0 Å². The van der Waals surface area contributed by atoms with Crippen LogP contribution >= 0.6 is 23.6 Å². The van der Waals surface area contributed by atoms with E-state index in [2.05, 4.69) is 33.4 Å². The third kappa shape index (κ3) is 2.10. The van der Waals surface area contributed by atoms with Gasteiger partial charge >= 0.3 is 0 Å². The first kappa shape index (κ1) is 9.61. The number of thiocarbonyl (C=S) groups is 1. The summed E-state index contributed by atoms with van der Waals surface area (Å²) >= 11 is 6.81. The highest BCUT2D eigenvalue weighted by Crippen LogP contribution is 2.23. The zero-order valence-electron chi connectivity index (χ0n) is 7.78. The fraction of sp³-hybridized carbons (Fsp3) is 0.333. The molecule has 0 aromatic carbocycles. The lowest BCUT2D eigenvalue weighted by atomic mass is 10.1. The van der Waals surface area contributed by atoms with Crippen molar-refractivity contribution >= 4 is 34.4 Å². The van der Waals surface area contributed by atoms with E-state index in [-0.39, 0.29) is 6.04 Å². The van der Waals surface area contributed by atoms with Crippen LogP contribution in [-0.2, 0) is 0 Å². The molecule has 5 heteroatoms. The van der Waals surface area contributed by atoms with Gasteiger partial charge < -0.3 is 5.32 Å². The van der Waals surface area contributed by atoms with E-state index in [0.717, 1.165) is 12.1 Å². The van der Waals surface area contributed by atoms with Gasteiger partial charge in [0.25, 0.3) is 0 Å². The molecule has 0 spiro atoms. The highest BCUT2D eigenvalue weighted by atomic mass is 32.1. The normalized spacial score (nSPS) is 21.9. The Kier molecular flexibility index (Phi) is 2.79. The van der Waals surface area contributed by atoms with Crippen molar-refractivity contribution in [2.75, 3.05) is 0 Å². The lowest BCUT2D eigenvalue weighted by molar-refractivity contribution is 0.692. The molecule has 1 atom stereocenters. The average molecular weight is 225 g/mol. The molecule has 0 amide bonds. The van der Waals surface area contributed by atoms with E-state index in [9.17, 15) is 0 Å². The Labute approximate surface area is 92.2 Å². The summed E-state index contributed by atoms with van der Waals surface area (Å²) in [4.78, 5) is 1.30. The van der Waals surface area contributed by atoms with Crippen LogP contribution < -0.4 is 10.7 Å². The summed E-state index contributed by atoms with van der Waals surface area (Å²) in [5.41, 5.74) is 3.86. The van der Waals surface area contributed by atoms with Crippen LogP contribution in [0.15, 0.2) is 22.6 Å². The molecule has 0 saturated heterocycles. The minimum absolute atomic E-state index is 0.265. The van der Waals surface area contributed by atoms with Gasteiger partial charge in [-0.3, -0.25) is 5.43 Å². The maximum absolute atomic E-state index is 5.07. The van der Waals surface area contributed by atoms with Gasteiger partial charge in [-0.1, -0.05) is 6.07 Å². The summed E-state index contributed by atoms with van der Waals surface area (Å²) < 4.78 is 0. The van der Waals surface area contributed by atoms with Crippen molar-refractivity contribution < 1.29 is 0 Å². The molecule has 0 saturated carbocycles. The Morgan fingerprint density at radius 1 is 1.64 bits per heavy atom. The van der Waals surface area contributed by atoms with Crippen molar-refractivity contribution in [1.82, 2.24) is 10.7 Å².